The molecule has 1 aromatic carbocycles. The maximum Gasteiger partial charge on any atom is 0.225 e. The number of nitrogens with zero attached hydrogens (tertiary/aromatic N) is 4. The Bertz CT molecular complexity index is 1200. The van der Waals surface area contributed by atoms with Crippen molar-refractivity contribution in [2.45, 2.75) is 112 Å². The van der Waals surface area contributed by atoms with E-state index in [0.29, 0.717) is 23.9 Å². The SMILES string of the molecule is CC.CC.CC1Cc2c([nH]c3ccccc23)CN1CC(C)(C)F.O=CC1CCC2(CC1)CCN(c1ncccn1)CC2. The Morgan fingerprint density at radius 3 is 2.21 bits per heavy atom. The molecule has 1 N–H and O–H groups in total. The zero-order valence-electron chi connectivity index (χ0n) is 27.1. The highest BCUT2D eigenvalue weighted by Crippen LogP contribution is 2.46. The number of carbonyl (C=O) groups is 1. The number of anilines is 1. The molecule has 1 aliphatic carbocycles. The zero-order valence-corrected chi connectivity index (χ0v) is 27.1. The first-order chi connectivity index (χ1) is 20.3. The molecule has 42 heavy (non-hydrogen) atoms. The fraction of sp³-hybridized carbons (Fsp3) is 0.629. The van der Waals surface area contributed by atoms with Crippen LogP contribution in [0.2, 0.25) is 0 Å². The number of halogens is 1. The number of aromatic nitrogens is 3. The van der Waals surface area contributed by atoms with E-state index in [1.807, 2.05) is 46.2 Å². The van der Waals surface area contributed by atoms with Crippen molar-refractivity contribution < 1.29 is 9.18 Å². The van der Waals surface area contributed by atoms with Gasteiger partial charge in [-0.05, 0) is 88.8 Å². The lowest BCUT2D eigenvalue weighted by atomic mass is 9.66. The van der Waals surface area contributed by atoms with E-state index in [0.717, 1.165) is 51.1 Å². The van der Waals surface area contributed by atoms with Crippen molar-refractivity contribution >= 4 is 23.1 Å². The Morgan fingerprint density at radius 1 is 1.00 bits per heavy atom. The number of H-pyrrole nitrogens is 1. The van der Waals surface area contributed by atoms with Crippen molar-refractivity contribution in [3.05, 3.63) is 54.0 Å². The summed E-state index contributed by atoms with van der Waals surface area (Å²) in [5.74, 6) is 1.18. The molecule has 6 rings (SSSR count). The van der Waals surface area contributed by atoms with E-state index < -0.39 is 5.67 Å². The number of aldehydes is 1. The molecule has 1 unspecified atom stereocenters. The van der Waals surface area contributed by atoms with Gasteiger partial charge >= 0.3 is 0 Å². The maximum absolute atomic E-state index is 13.9. The van der Waals surface area contributed by atoms with Crippen LogP contribution in [0.4, 0.5) is 10.3 Å². The van der Waals surface area contributed by atoms with Crippen molar-refractivity contribution in [1.29, 1.82) is 0 Å². The van der Waals surface area contributed by atoms with Gasteiger partial charge in [-0.1, -0.05) is 45.9 Å². The Labute approximate surface area is 253 Å². The fourth-order valence-electron chi connectivity index (χ4n) is 6.63. The van der Waals surface area contributed by atoms with Gasteiger partial charge in [0.1, 0.15) is 12.0 Å². The molecule has 3 aliphatic rings. The number of fused-ring (bicyclic) bond motifs is 3. The molecule has 0 amide bonds. The highest BCUT2D eigenvalue weighted by atomic mass is 19.1. The summed E-state index contributed by atoms with van der Waals surface area (Å²) < 4.78 is 13.9. The average Bonchev–Trinajstić information content (AvgIpc) is 3.37. The van der Waals surface area contributed by atoms with Gasteiger partial charge in [-0.3, -0.25) is 4.90 Å². The lowest BCUT2D eigenvalue weighted by Gasteiger charge is -2.45. The standard InChI is InChI=1S/C16H21FN2.C15H21N3O.2C2H6/c1-11-8-13-12-6-4-5-7-14(12)18-15(13)9-19(11)10-16(2,3)17;19-12-13-2-4-15(5-3-13)6-10-18(11-7-15)14-16-8-1-9-17-14;2*1-2/h4-7,11,18H,8-10H2,1-3H3;1,8-9,12-13H,2-7,10-11H2;2*1-2H3. The van der Waals surface area contributed by atoms with E-state index in [4.69, 9.17) is 0 Å². The van der Waals surface area contributed by atoms with Crippen molar-refractivity contribution in [3.63, 3.8) is 0 Å². The van der Waals surface area contributed by atoms with Gasteiger partial charge in [-0.25, -0.2) is 14.4 Å². The highest BCUT2D eigenvalue weighted by molar-refractivity contribution is 5.84. The van der Waals surface area contributed by atoms with Crippen molar-refractivity contribution in [2.75, 3.05) is 24.5 Å². The summed E-state index contributed by atoms with van der Waals surface area (Å²) in [5.41, 5.74) is 3.21. The van der Waals surface area contributed by atoms with E-state index in [2.05, 4.69) is 55.9 Å². The van der Waals surface area contributed by atoms with Crippen LogP contribution in [0.3, 0.4) is 0 Å². The van der Waals surface area contributed by atoms with Crippen LogP contribution >= 0.6 is 0 Å². The highest BCUT2D eigenvalue weighted by Gasteiger charge is 2.38. The lowest BCUT2D eigenvalue weighted by Crippen LogP contribution is -2.44. The molecule has 1 saturated carbocycles. The van der Waals surface area contributed by atoms with Gasteiger partial charge in [0.15, 0.2) is 0 Å². The molecule has 2 aromatic heterocycles. The second kappa shape index (κ2) is 15.6. The normalized spacial score (nSPS) is 20.3. The number of hydrogen-bond acceptors (Lipinski definition) is 5. The number of piperidine rings is 1. The second-order valence-corrected chi connectivity index (χ2v) is 12.3. The Balaban J connectivity index is 0.000000206. The Morgan fingerprint density at radius 2 is 1.62 bits per heavy atom. The van der Waals surface area contributed by atoms with Gasteiger partial charge in [-0.15, -0.1) is 0 Å². The first-order valence-corrected chi connectivity index (χ1v) is 16.2. The quantitative estimate of drug-likeness (QED) is 0.316. The van der Waals surface area contributed by atoms with Crippen LogP contribution in [0.5, 0.6) is 0 Å². The van der Waals surface area contributed by atoms with Crippen LogP contribution in [-0.4, -0.2) is 57.5 Å². The molecular weight excluding hydrogens is 525 g/mol. The first kappa shape index (κ1) is 33.7. The van der Waals surface area contributed by atoms with Crippen LogP contribution in [0.25, 0.3) is 10.9 Å². The van der Waals surface area contributed by atoms with Crippen LogP contribution in [0, 0.1) is 11.3 Å². The van der Waals surface area contributed by atoms with Crippen LogP contribution in [0.15, 0.2) is 42.7 Å². The summed E-state index contributed by atoms with van der Waals surface area (Å²) in [6, 6.07) is 10.7. The van der Waals surface area contributed by atoms with Gasteiger partial charge in [-0.2, -0.15) is 0 Å². The molecular formula is C35H54FN5O. The summed E-state index contributed by atoms with van der Waals surface area (Å²) in [5, 5.41) is 1.32. The predicted molar refractivity (Wildman–Crippen MR) is 174 cm³/mol. The molecule has 1 spiro atoms. The summed E-state index contributed by atoms with van der Waals surface area (Å²) in [7, 11) is 0. The third kappa shape index (κ3) is 8.62. The second-order valence-electron chi connectivity index (χ2n) is 12.3. The Hall–Kier alpha value is -2.80. The van der Waals surface area contributed by atoms with E-state index in [1.54, 1.807) is 13.8 Å². The molecule has 6 nitrogen and oxygen atoms in total. The van der Waals surface area contributed by atoms with Crippen LogP contribution in [-0.2, 0) is 17.8 Å². The number of carbonyl (C=O) groups excluding carboxylic acids is 1. The van der Waals surface area contributed by atoms with Crippen LogP contribution < -0.4 is 4.90 Å². The minimum atomic E-state index is -1.14. The molecule has 0 bridgehead atoms. The smallest absolute Gasteiger partial charge is 0.225 e. The van der Waals surface area contributed by atoms with Gasteiger partial charge in [0.2, 0.25) is 5.95 Å². The van der Waals surface area contributed by atoms with E-state index in [9.17, 15) is 9.18 Å². The molecule has 1 atom stereocenters. The topological polar surface area (TPSA) is 65.1 Å². The van der Waals surface area contributed by atoms with Crippen molar-refractivity contribution in [1.82, 2.24) is 19.9 Å². The Kier molecular flexibility index (Phi) is 12.5. The largest absolute Gasteiger partial charge is 0.357 e. The predicted octanol–water partition coefficient (Wildman–Crippen LogP) is 8.17. The zero-order chi connectivity index (χ0) is 30.8. The van der Waals surface area contributed by atoms with E-state index in [-0.39, 0.29) is 0 Å². The number of benzene rings is 1. The average molecular weight is 580 g/mol. The van der Waals surface area contributed by atoms with Gasteiger partial charge in [0, 0.05) is 67.1 Å². The number of hydrogen-bond donors (Lipinski definition) is 1. The third-order valence-corrected chi connectivity index (χ3v) is 8.91. The molecule has 3 aromatic rings. The molecule has 1 saturated heterocycles. The molecule has 2 aliphatic heterocycles. The van der Waals surface area contributed by atoms with E-state index >= 15 is 0 Å². The minimum absolute atomic E-state index is 0.320. The minimum Gasteiger partial charge on any atom is -0.357 e. The summed E-state index contributed by atoms with van der Waals surface area (Å²) >= 11 is 0. The van der Waals surface area contributed by atoms with Gasteiger partial charge in [0.25, 0.3) is 0 Å². The molecule has 2 fully saturated rings. The van der Waals surface area contributed by atoms with E-state index in [1.165, 1.54) is 47.8 Å². The van der Waals surface area contributed by atoms with Gasteiger partial charge < -0.3 is 14.7 Å². The monoisotopic (exact) mass is 579 g/mol. The van der Waals surface area contributed by atoms with Crippen molar-refractivity contribution in [3.8, 4) is 0 Å². The number of alkyl halides is 1. The number of nitrogens with one attached hydrogen (secondary N) is 1. The molecule has 7 heteroatoms. The molecule has 232 valence electrons. The number of aromatic amines is 1. The summed E-state index contributed by atoms with van der Waals surface area (Å²) in [4.78, 5) is 27.5. The van der Waals surface area contributed by atoms with Gasteiger partial charge in [0.05, 0.1) is 0 Å². The van der Waals surface area contributed by atoms with Crippen LogP contribution in [0.1, 0.15) is 98.2 Å². The number of rotatable bonds is 4. The lowest BCUT2D eigenvalue weighted by molar-refractivity contribution is -0.112. The fourth-order valence-corrected chi connectivity index (χ4v) is 6.63. The summed E-state index contributed by atoms with van der Waals surface area (Å²) in [6.07, 6.45) is 12.8. The van der Waals surface area contributed by atoms with Crippen molar-refractivity contribution in [2.24, 2.45) is 11.3 Å². The first-order valence-electron chi connectivity index (χ1n) is 16.2. The maximum atomic E-state index is 13.9. The summed E-state index contributed by atoms with van der Waals surface area (Å²) in [6.45, 7) is 16.9. The third-order valence-electron chi connectivity index (χ3n) is 8.91. The molecule has 4 heterocycles. The number of para-hydroxylation sites is 1. The molecule has 0 radical (unpaired) electrons.